The monoisotopic (exact) mass is 388 g/mol. The first-order chi connectivity index (χ1) is 10.6. The topological polar surface area (TPSA) is 28.2 Å². The summed E-state index contributed by atoms with van der Waals surface area (Å²) in [4.78, 5) is 0. The van der Waals surface area contributed by atoms with Crippen molar-refractivity contribution in [2.75, 3.05) is 28.2 Å². The Morgan fingerprint density at radius 2 is 1.16 bits per heavy atom. The molecule has 25 heavy (non-hydrogen) atoms. The number of hydrogen-bond acceptors (Lipinski definition) is 0. The van der Waals surface area contributed by atoms with Crippen LogP contribution in [0.1, 0.15) is 72.1 Å². The second-order valence-electron chi connectivity index (χ2n) is 7.50. The molecule has 2 aliphatic rings. The summed E-state index contributed by atoms with van der Waals surface area (Å²) >= 11 is 0. The van der Waals surface area contributed by atoms with Crippen LogP contribution < -0.4 is 0 Å². The summed E-state index contributed by atoms with van der Waals surface area (Å²) in [5, 5.41) is 7.00. The van der Waals surface area contributed by atoms with Crippen LogP contribution in [-0.2, 0) is 21.7 Å². The zero-order valence-corrected chi connectivity index (χ0v) is 20.5. The molecule has 2 fully saturated rings. The fourth-order valence-corrected chi connectivity index (χ4v) is 4.78. The van der Waals surface area contributed by atoms with Gasteiger partial charge in [0.05, 0.1) is 0 Å². The second kappa shape index (κ2) is 20.9. The summed E-state index contributed by atoms with van der Waals surface area (Å²) in [6, 6.07) is 0. The quantitative estimate of drug-likeness (QED) is 0.354. The molecule has 2 nitrogen and oxygen atoms in total. The van der Waals surface area contributed by atoms with Crippen molar-refractivity contribution in [1.82, 2.24) is 0 Å². The van der Waals surface area contributed by atoms with E-state index in [1.807, 2.05) is 0 Å². The molecule has 0 aromatic rings. The molecule has 150 valence electrons. The molecule has 0 radical (unpaired) electrons. The maximum atomic E-state index is 3.50. The summed E-state index contributed by atoms with van der Waals surface area (Å²) in [6.45, 7) is 7.42. The largest absolute Gasteiger partial charge is 4.00 e. The fourth-order valence-electron chi connectivity index (χ4n) is 4.78. The van der Waals surface area contributed by atoms with Crippen molar-refractivity contribution in [2.45, 2.75) is 72.1 Å². The number of hydrogen-bond donors (Lipinski definition) is 0. The van der Waals surface area contributed by atoms with E-state index in [0.29, 0.717) is 0 Å². The molecule has 0 heterocycles. The van der Waals surface area contributed by atoms with Crippen LogP contribution in [0, 0.1) is 44.4 Å². The van der Waals surface area contributed by atoms with Crippen molar-refractivity contribution >= 4 is 0 Å². The van der Waals surface area contributed by atoms with Gasteiger partial charge in [-0.05, 0) is 29.6 Å². The van der Waals surface area contributed by atoms with E-state index in [2.05, 4.69) is 31.4 Å². The van der Waals surface area contributed by atoms with Crippen molar-refractivity contribution in [3.63, 3.8) is 0 Å². The van der Waals surface area contributed by atoms with Crippen LogP contribution in [-0.4, -0.2) is 28.2 Å². The standard InChI is InChI=1S/C16H30.2C2H6N.2CH3.Ti/c1-4-7-15(14-8-5-6-9-14)16-12(2)10-11-13(16)3;2*1-3-2;;;/h12-16H,4-11H2,1-3H3;2*1-2H3;2*1H3;/q;4*-1;+4. The average Bonchev–Trinajstić information content (AvgIpc) is 3.10. The van der Waals surface area contributed by atoms with E-state index in [-0.39, 0.29) is 36.6 Å². The molecule has 0 saturated heterocycles. The molecule has 2 rings (SSSR count). The first-order valence-electron chi connectivity index (χ1n) is 9.53. The molecule has 0 aromatic heterocycles. The van der Waals surface area contributed by atoms with Crippen LogP contribution in [0.5, 0.6) is 0 Å². The van der Waals surface area contributed by atoms with Gasteiger partial charge in [0.15, 0.2) is 0 Å². The molecule has 3 unspecified atom stereocenters. The van der Waals surface area contributed by atoms with Crippen LogP contribution >= 0.6 is 0 Å². The van der Waals surface area contributed by atoms with Gasteiger partial charge in [0.1, 0.15) is 0 Å². The van der Waals surface area contributed by atoms with E-state index in [1.54, 1.807) is 41.0 Å². The molecule has 0 amide bonds. The van der Waals surface area contributed by atoms with E-state index in [4.69, 9.17) is 0 Å². The summed E-state index contributed by atoms with van der Waals surface area (Å²) < 4.78 is 0. The first kappa shape index (κ1) is 33.2. The molecule has 3 atom stereocenters. The van der Waals surface area contributed by atoms with E-state index in [9.17, 15) is 0 Å². The van der Waals surface area contributed by atoms with Crippen molar-refractivity contribution in [2.24, 2.45) is 29.6 Å². The van der Waals surface area contributed by atoms with Crippen LogP contribution in [0.15, 0.2) is 0 Å². The smallest absolute Gasteiger partial charge is 0.668 e. The molecule has 0 aliphatic heterocycles. The fraction of sp³-hybridized carbons (Fsp3) is 0.909. The van der Waals surface area contributed by atoms with Crippen molar-refractivity contribution in [3.8, 4) is 0 Å². The Labute approximate surface area is 177 Å². The van der Waals surface area contributed by atoms with Gasteiger partial charge < -0.3 is 25.5 Å². The maximum absolute atomic E-state index is 3.50. The predicted octanol–water partition coefficient (Wildman–Crippen LogP) is 7.41. The van der Waals surface area contributed by atoms with E-state index < -0.39 is 0 Å². The van der Waals surface area contributed by atoms with Gasteiger partial charge in [-0.15, -0.1) is 0 Å². The average molecular weight is 389 g/mol. The van der Waals surface area contributed by atoms with Gasteiger partial charge in [0.2, 0.25) is 0 Å². The van der Waals surface area contributed by atoms with Crippen molar-refractivity contribution < 1.29 is 21.7 Å². The maximum Gasteiger partial charge on any atom is 4.00 e. The van der Waals surface area contributed by atoms with Gasteiger partial charge >= 0.3 is 21.7 Å². The summed E-state index contributed by atoms with van der Waals surface area (Å²) in [5.41, 5.74) is 0. The third-order valence-corrected chi connectivity index (χ3v) is 5.51. The van der Waals surface area contributed by atoms with E-state index >= 15 is 0 Å². The zero-order chi connectivity index (χ0) is 17.0. The Hall–Kier alpha value is 0.634. The van der Waals surface area contributed by atoms with Gasteiger partial charge in [0, 0.05) is 0 Å². The van der Waals surface area contributed by atoms with Crippen LogP contribution in [0.2, 0.25) is 0 Å². The Balaban J connectivity index is -0.000000217. The summed E-state index contributed by atoms with van der Waals surface area (Å²) in [6.07, 6.45) is 12.0. The van der Waals surface area contributed by atoms with Crippen LogP contribution in [0.3, 0.4) is 0 Å². The van der Waals surface area contributed by atoms with E-state index in [1.165, 1.54) is 38.5 Å². The molecule has 0 spiro atoms. The molecule has 0 bridgehead atoms. The normalized spacial score (nSPS) is 25.8. The predicted molar refractivity (Wildman–Crippen MR) is 115 cm³/mol. The summed E-state index contributed by atoms with van der Waals surface area (Å²) in [7, 11) is 7.00. The Morgan fingerprint density at radius 1 is 0.800 bits per heavy atom. The third kappa shape index (κ3) is 12.6. The molecule has 0 aromatic carbocycles. The number of nitrogens with zero attached hydrogens (tertiary/aromatic N) is 2. The SMILES string of the molecule is CCCC(C1CCCC1)C1C(C)CCC1C.C[N-]C.C[N-]C.[CH3-].[CH3-].[Ti+4]. The number of rotatable bonds is 4. The van der Waals surface area contributed by atoms with Crippen molar-refractivity contribution in [3.05, 3.63) is 25.5 Å². The van der Waals surface area contributed by atoms with Crippen molar-refractivity contribution in [1.29, 1.82) is 0 Å². The first-order valence-corrected chi connectivity index (χ1v) is 9.53. The molecule has 2 aliphatic carbocycles. The van der Waals surface area contributed by atoms with E-state index in [0.717, 1.165) is 29.6 Å². The second-order valence-corrected chi connectivity index (χ2v) is 7.50. The van der Waals surface area contributed by atoms with Crippen LogP contribution in [0.25, 0.3) is 10.6 Å². The minimum atomic E-state index is 0. The third-order valence-electron chi connectivity index (χ3n) is 5.51. The molecular weight excluding hydrogens is 340 g/mol. The van der Waals surface area contributed by atoms with Gasteiger partial charge in [-0.2, -0.15) is 28.2 Å². The molecular formula is C22H48N2Ti. The Bertz CT molecular complexity index is 230. The molecule has 3 heteroatoms. The van der Waals surface area contributed by atoms with Gasteiger partial charge in [-0.1, -0.05) is 72.1 Å². The van der Waals surface area contributed by atoms with Gasteiger partial charge in [0.25, 0.3) is 0 Å². The summed E-state index contributed by atoms with van der Waals surface area (Å²) in [5.74, 6) is 5.23. The van der Waals surface area contributed by atoms with Crippen LogP contribution in [0.4, 0.5) is 0 Å². The molecule has 2 saturated carbocycles. The van der Waals surface area contributed by atoms with Gasteiger partial charge in [-0.3, -0.25) is 0 Å². The minimum absolute atomic E-state index is 0. The van der Waals surface area contributed by atoms with Gasteiger partial charge in [-0.25, -0.2) is 0 Å². The molecule has 0 N–H and O–H groups in total. The minimum Gasteiger partial charge on any atom is -0.668 e. The zero-order valence-electron chi connectivity index (χ0n) is 18.9. The Kier molecular flexibility index (Phi) is 27.8. The Morgan fingerprint density at radius 3 is 1.48 bits per heavy atom.